The fourth-order valence-corrected chi connectivity index (χ4v) is 1.67. The number of rotatable bonds is 4. The van der Waals surface area contributed by atoms with Crippen molar-refractivity contribution in [3.63, 3.8) is 0 Å². The van der Waals surface area contributed by atoms with Crippen LogP contribution in [0.3, 0.4) is 0 Å². The number of halogens is 3. The minimum atomic E-state index is -5.05. The Morgan fingerprint density at radius 2 is 2.21 bits per heavy atom. The molecule has 1 rings (SSSR count). The number of hydrogen-bond acceptors (Lipinski definition) is 4. The Morgan fingerprint density at radius 3 is 2.63 bits per heavy atom. The van der Waals surface area contributed by atoms with Crippen molar-refractivity contribution >= 4 is 29.2 Å². The van der Waals surface area contributed by atoms with E-state index >= 15 is 0 Å². The van der Waals surface area contributed by atoms with Crippen LogP contribution in [0, 0.1) is 0 Å². The summed E-state index contributed by atoms with van der Waals surface area (Å²) in [6.07, 6.45) is -3.96. The number of carbonyl (C=O) groups excluding carboxylic acids is 2. The summed E-state index contributed by atoms with van der Waals surface area (Å²) in [5, 5.41) is 1.50. The van der Waals surface area contributed by atoms with Gasteiger partial charge >= 0.3 is 12.1 Å². The first kappa shape index (κ1) is 15.4. The molecule has 0 aromatic heterocycles. The van der Waals surface area contributed by atoms with Crippen molar-refractivity contribution in [2.24, 2.45) is 0 Å². The van der Waals surface area contributed by atoms with E-state index in [-0.39, 0.29) is 24.7 Å². The molecule has 5 nitrogen and oxygen atoms in total. The van der Waals surface area contributed by atoms with E-state index in [0.29, 0.717) is 0 Å². The molecule has 0 bridgehead atoms. The highest BCUT2D eigenvalue weighted by molar-refractivity contribution is 7.80. The molecular formula is C10H11F3N2O3S. The average Bonchev–Trinajstić information content (AvgIpc) is 2.72. The lowest BCUT2D eigenvalue weighted by atomic mass is 10.1. The molecule has 1 atom stereocenters. The maximum Gasteiger partial charge on any atom is 0.471 e. The predicted molar refractivity (Wildman–Crippen MR) is 63.1 cm³/mol. The molecule has 0 saturated carbocycles. The molecule has 0 aromatic rings. The Balaban J connectivity index is 2.77. The lowest BCUT2D eigenvalue weighted by Crippen LogP contribution is -2.51. The molecule has 1 aliphatic heterocycles. The van der Waals surface area contributed by atoms with E-state index in [1.54, 1.807) is 5.32 Å². The van der Waals surface area contributed by atoms with Gasteiger partial charge in [-0.25, -0.2) is 0 Å². The third-order valence-electron chi connectivity index (χ3n) is 2.29. The average molecular weight is 296 g/mol. The fraction of sp³-hybridized carbons (Fsp3) is 0.500. The number of amides is 2. The van der Waals surface area contributed by atoms with Crippen molar-refractivity contribution in [3.05, 3.63) is 12.7 Å². The summed E-state index contributed by atoms with van der Waals surface area (Å²) in [6.45, 7) is 3.66. The van der Waals surface area contributed by atoms with Crippen LogP contribution >= 0.6 is 12.2 Å². The molecule has 106 valence electrons. The van der Waals surface area contributed by atoms with Gasteiger partial charge < -0.3 is 10.1 Å². The Hall–Kier alpha value is -1.64. The van der Waals surface area contributed by atoms with Gasteiger partial charge in [0.2, 0.25) is 0 Å². The van der Waals surface area contributed by atoms with Crippen molar-refractivity contribution in [1.29, 1.82) is 0 Å². The second kappa shape index (κ2) is 6.00. The maximum atomic E-state index is 12.2. The van der Waals surface area contributed by atoms with Crippen LogP contribution in [0.1, 0.15) is 6.42 Å². The van der Waals surface area contributed by atoms with Gasteiger partial charge in [-0.3, -0.25) is 14.5 Å². The summed E-state index contributed by atoms with van der Waals surface area (Å²) < 4.78 is 41.3. The van der Waals surface area contributed by atoms with Crippen molar-refractivity contribution in [2.45, 2.75) is 18.6 Å². The maximum absolute atomic E-state index is 12.2. The van der Waals surface area contributed by atoms with Gasteiger partial charge in [-0.1, -0.05) is 6.08 Å². The first-order valence-electron chi connectivity index (χ1n) is 5.24. The monoisotopic (exact) mass is 296 g/mol. The van der Waals surface area contributed by atoms with Gasteiger partial charge in [0.25, 0.3) is 11.1 Å². The van der Waals surface area contributed by atoms with Crippen LogP contribution in [-0.2, 0) is 14.3 Å². The van der Waals surface area contributed by atoms with Gasteiger partial charge in [0.15, 0.2) is 0 Å². The molecule has 0 spiro atoms. The highest BCUT2D eigenvalue weighted by atomic mass is 32.1. The molecular weight excluding hydrogens is 285 g/mol. The zero-order valence-corrected chi connectivity index (χ0v) is 10.5. The molecule has 0 aliphatic carbocycles. The molecule has 19 heavy (non-hydrogen) atoms. The van der Waals surface area contributed by atoms with Crippen LogP contribution in [0.5, 0.6) is 0 Å². The van der Waals surface area contributed by atoms with Crippen LogP contribution in [-0.4, -0.2) is 47.3 Å². The first-order valence-corrected chi connectivity index (χ1v) is 5.65. The smallest absolute Gasteiger partial charge is 0.469 e. The Morgan fingerprint density at radius 1 is 1.58 bits per heavy atom. The Kier molecular flexibility index (Phi) is 4.87. The molecule has 0 aromatic carbocycles. The van der Waals surface area contributed by atoms with Crippen LogP contribution in [0.4, 0.5) is 13.2 Å². The molecule has 1 saturated heterocycles. The Labute approximate surface area is 112 Å². The van der Waals surface area contributed by atoms with Gasteiger partial charge in [0.05, 0.1) is 6.54 Å². The number of ether oxygens (including phenoxy) is 1. The van der Waals surface area contributed by atoms with Gasteiger partial charge in [0.1, 0.15) is 12.6 Å². The number of hydrogen-bond donors (Lipinski definition) is 1. The molecule has 1 N–H and O–H groups in total. The number of alkyl halides is 3. The largest absolute Gasteiger partial charge is 0.471 e. The topological polar surface area (TPSA) is 58.6 Å². The van der Waals surface area contributed by atoms with Crippen molar-refractivity contribution in [3.8, 4) is 0 Å². The molecule has 1 aliphatic rings. The zero-order chi connectivity index (χ0) is 14.6. The first-order chi connectivity index (χ1) is 8.77. The van der Waals surface area contributed by atoms with Gasteiger partial charge in [-0.15, -0.1) is 6.58 Å². The lowest BCUT2D eigenvalue weighted by Gasteiger charge is -2.22. The van der Waals surface area contributed by atoms with Crippen LogP contribution < -0.4 is 5.32 Å². The fourth-order valence-electron chi connectivity index (χ4n) is 1.41. The second-order valence-electron chi connectivity index (χ2n) is 3.65. The summed E-state index contributed by atoms with van der Waals surface area (Å²) in [5.74, 6) is -2.93. The number of carbonyl (C=O) groups is 2. The molecule has 9 heteroatoms. The summed E-state index contributed by atoms with van der Waals surface area (Å²) in [7, 11) is 0. The number of nitrogens with zero attached hydrogens (tertiary/aromatic N) is 1. The standard InChI is InChI=1S/C10H11F3N2O3S/c1-2-3-6(14-8(17)10(11,12)13)7(16)15-4-5-18-9(15)19/h2,6H,1,3-5H2,(H,14,17). The van der Waals surface area contributed by atoms with Crippen molar-refractivity contribution in [2.75, 3.05) is 13.2 Å². The molecule has 0 radical (unpaired) electrons. The predicted octanol–water partition coefficient (Wildman–Crippen LogP) is 0.753. The number of thiocarbonyl (C=S) groups is 1. The van der Waals surface area contributed by atoms with E-state index in [1.165, 1.54) is 6.08 Å². The summed E-state index contributed by atoms with van der Waals surface area (Å²) >= 11 is 4.73. The van der Waals surface area contributed by atoms with Crippen LogP contribution in [0.25, 0.3) is 0 Å². The Bertz CT molecular complexity index is 411. The van der Waals surface area contributed by atoms with E-state index in [2.05, 4.69) is 6.58 Å². The van der Waals surface area contributed by atoms with Crippen LogP contribution in [0.2, 0.25) is 0 Å². The third-order valence-corrected chi connectivity index (χ3v) is 2.63. The molecule has 1 heterocycles. The van der Waals surface area contributed by atoms with E-state index in [1.807, 2.05) is 0 Å². The van der Waals surface area contributed by atoms with Gasteiger partial charge in [0, 0.05) is 0 Å². The molecule has 2 amide bonds. The highest BCUT2D eigenvalue weighted by Gasteiger charge is 2.41. The van der Waals surface area contributed by atoms with Gasteiger partial charge in [-0.2, -0.15) is 13.2 Å². The SMILES string of the molecule is C=CCC(NC(=O)C(F)(F)F)C(=O)N1CCOC1=S. The highest BCUT2D eigenvalue weighted by Crippen LogP contribution is 2.16. The quantitative estimate of drug-likeness (QED) is 0.614. The van der Waals surface area contributed by atoms with E-state index in [4.69, 9.17) is 17.0 Å². The molecule has 1 unspecified atom stereocenters. The second-order valence-corrected chi connectivity index (χ2v) is 4.00. The summed E-state index contributed by atoms with van der Waals surface area (Å²) in [5.41, 5.74) is 0. The van der Waals surface area contributed by atoms with Gasteiger partial charge in [-0.05, 0) is 18.6 Å². The van der Waals surface area contributed by atoms with E-state index in [0.717, 1.165) is 4.90 Å². The minimum Gasteiger partial charge on any atom is -0.469 e. The third kappa shape index (κ3) is 3.91. The number of nitrogens with one attached hydrogen (secondary N) is 1. The van der Waals surface area contributed by atoms with E-state index < -0.39 is 24.0 Å². The molecule has 1 fully saturated rings. The minimum absolute atomic E-state index is 0.111. The summed E-state index contributed by atoms with van der Waals surface area (Å²) in [6, 6.07) is -1.37. The van der Waals surface area contributed by atoms with Crippen molar-refractivity contribution < 1.29 is 27.5 Å². The van der Waals surface area contributed by atoms with Crippen molar-refractivity contribution in [1.82, 2.24) is 10.2 Å². The lowest BCUT2D eigenvalue weighted by molar-refractivity contribution is -0.175. The zero-order valence-electron chi connectivity index (χ0n) is 9.70. The van der Waals surface area contributed by atoms with Crippen LogP contribution in [0.15, 0.2) is 12.7 Å². The summed E-state index contributed by atoms with van der Waals surface area (Å²) in [4.78, 5) is 23.8. The normalized spacial score (nSPS) is 16.8. The van der Waals surface area contributed by atoms with E-state index in [9.17, 15) is 22.8 Å².